The van der Waals surface area contributed by atoms with Crippen LogP contribution in [0.1, 0.15) is 9.67 Å². The summed E-state index contributed by atoms with van der Waals surface area (Å²) in [6, 6.07) is 13.2. The van der Waals surface area contributed by atoms with Gasteiger partial charge in [-0.25, -0.2) is 0 Å². The first kappa shape index (κ1) is 15.2. The molecule has 3 aromatic rings. The second-order valence-electron chi connectivity index (χ2n) is 5.01. The summed E-state index contributed by atoms with van der Waals surface area (Å²) in [5, 5.41) is 11.1. The van der Waals surface area contributed by atoms with Crippen LogP contribution in [-0.2, 0) is 0 Å². The zero-order valence-electron chi connectivity index (χ0n) is 12.5. The molecule has 1 aromatic carbocycles. The minimum Gasteiger partial charge on any atom is -0.454 e. The van der Waals surface area contributed by atoms with Crippen molar-refractivity contribution in [3.8, 4) is 22.8 Å². The third kappa shape index (κ3) is 3.13. The van der Waals surface area contributed by atoms with Crippen LogP contribution >= 0.6 is 23.1 Å². The fourth-order valence-electron chi connectivity index (χ4n) is 2.25. The zero-order valence-corrected chi connectivity index (χ0v) is 14.1. The van der Waals surface area contributed by atoms with Crippen molar-refractivity contribution < 1.29 is 14.3 Å². The molecule has 0 fully saturated rings. The highest BCUT2D eigenvalue weighted by Gasteiger charge is 2.14. The van der Waals surface area contributed by atoms with E-state index in [2.05, 4.69) is 10.2 Å². The van der Waals surface area contributed by atoms with E-state index < -0.39 is 0 Å². The normalized spacial score (nSPS) is 12.3. The maximum absolute atomic E-state index is 12.0. The Bertz CT molecular complexity index is 864. The van der Waals surface area contributed by atoms with E-state index in [1.54, 1.807) is 0 Å². The molecule has 0 radical (unpaired) electrons. The molecule has 0 saturated heterocycles. The Kier molecular flexibility index (Phi) is 4.18. The van der Waals surface area contributed by atoms with E-state index in [0.29, 0.717) is 11.5 Å². The molecule has 1 aliphatic rings. The van der Waals surface area contributed by atoms with Crippen molar-refractivity contribution >= 4 is 28.9 Å². The molecule has 0 spiro atoms. The van der Waals surface area contributed by atoms with Gasteiger partial charge >= 0.3 is 0 Å². The maximum atomic E-state index is 12.0. The van der Waals surface area contributed by atoms with Crippen LogP contribution in [0.5, 0.6) is 11.5 Å². The Morgan fingerprint density at radius 2 is 2.04 bits per heavy atom. The molecular formula is C17H12N2O3S2. The number of rotatable bonds is 5. The van der Waals surface area contributed by atoms with Crippen LogP contribution < -0.4 is 9.47 Å². The molecule has 3 heterocycles. The second kappa shape index (κ2) is 6.62. The second-order valence-corrected chi connectivity index (χ2v) is 6.96. The van der Waals surface area contributed by atoms with Gasteiger partial charge in [0.2, 0.25) is 6.79 Å². The molecular weight excluding hydrogens is 344 g/mol. The van der Waals surface area contributed by atoms with E-state index in [9.17, 15) is 4.79 Å². The van der Waals surface area contributed by atoms with E-state index in [4.69, 9.17) is 9.47 Å². The Morgan fingerprint density at radius 3 is 2.83 bits per heavy atom. The van der Waals surface area contributed by atoms with Gasteiger partial charge < -0.3 is 9.47 Å². The van der Waals surface area contributed by atoms with Crippen molar-refractivity contribution in [2.45, 2.75) is 5.03 Å². The lowest BCUT2D eigenvalue weighted by Gasteiger charge is -2.03. The minimum absolute atomic E-state index is 0.108. The van der Waals surface area contributed by atoms with E-state index >= 15 is 0 Å². The molecule has 0 unspecified atom stereocenters. The summed E-state index contributed by atoms with van der Waals surface area (Å²) >= 11 is 2.84. The monoisotopic (exact) mass is 356 g/mol. The van der Waals surface area contributed by atoms with Gasteiger partial charge in [-0.3, -0.25) is 4.79 Å². The van der Waals surface area contributed by atoms with Crippen LogP contribution in [0.2, 0.25) is 0 Å². The molecule has 0 N–H and O–H groups in total. The minimum atomic E-state index is 0.108. The Balaban J connectivity index is 1.44. The average molecular weight is 356 g/mol. The topological polar surface area (TPSA) is 61.3 Å². The molecule has 1 aliphatic heterocycles. The molecule has 7 heteroatoms. The van der Waals surface area contributed by atoms with Gasteiger partial charge in [-0.2, -0.15) is 0 Å². The standard InChI is InChI=1S/C17H12N2O3S2/c20-13(16-2-1-7-23-16)9-24-17-6-4-12(18-19-17)11-3-5-14-15(8-11)22-10-21-14/h1-8H,9-10H2. The van der Waals surface area contributed by atoms with Crippen molar-refractivity contribution in [3.05, 3.63) is 52.7 Å². The Labute approximate surface area is 146 Å². The summed E-state index contributed by atoms with van der Waals surface area (Å²) in [5.74, 6) is 1.93. The van der Waals surface area contributed by atoms with Crippen LogP contribution in [-0.4, -0.2) is 28.5 Å². The fourth-order valence-corrected chi connectivity index (χ4v) is 3.71. The number of benzene rings is 1. The van der Waals surface area contributed by atoms with Gasteiger partial charge in [0.1, 0.15) is 5.03 Å². The summed E-state index contributed by atoms with van der Waals surface area (Å²) in [5.41, 5.74) is 1.67. The maximum Gasteiger partial charge on any atom is 0.231 e. The van der Waals surface area contributed by atoms with Crippen molar-refractivity contribution in [1.29, 1.82) is 0 Å². The lowest BCUT2D eigenvalue weighted by molar-refractivity contribution is 0.102. The van der Waals surface area contributed by atoms with Crippen LogP contribution in [0.4, 0.5) is 0 Å². The van der Waals surface area contributed by atoms with E-state index in [1.807, 2.05) is 47.8 Å². The van der Waals surface area contributed by atoms with Gasteiger partial charge in [-0.1, -0.05) is 17.8 Å². The van der Waals surface area contributed by atoms with E-state index in [-0.39, 0.29) is 12.6 Å². The van der Waals surface area contributed by atoms with Gasteiger partial charge in [-0.15, -0.1) is 21.5 Å². The molecule has 120 valence electrons. The van der Waals surface area contributed by atoms with Gasteiger partial charge in [-0.05, 0) is 41.8 Å². The van der Waals surface area contributed by atoms with Crippen molar-refractivity contribution in [2.75, 3.05) is 12.5 Å². The summed E-state index contributed by atoms with van der Waals surface area (Å²) in [7, 11) is 0. The Morgan fingerprint density at radius 1 is 1.12 bits per heavy atom. The number of ketones is 1. The smallest absolute Gasteiger partial charge is 0.231 e. The average Bonchev–Trinajstić information content (AvgIpc) is 3.31. The lowest BCUT2D eigenvalue weighted by atomic mass is 10.1. The van der Waals surface area contributed by atoms with Crippen LogP contribution in [0.3, 0.4) is 0 Å². The van der Waals surface area contributed by atoms with Crippen molar-refractivity contribution in [3.63, 3.8) is 0 Å². The first-order valence-electron chi connectivity index (χ1n) is 7.23. The third-order valence-electron chi connectivity index (χ3n) is 3.46. The quantitative estimate of drug-likeness (QED) is 0.510. The third-order valence-corrected chi connectivity index (χ3v) is 5.29. The Hall–Kier alpha value is -2.38. The highest BCUT2D eigenvalue weighted by Crippen LogP contribution is 2.35. The predicted molar refractivity (Wildman–Crippen MR) is 93.0 cm³/mol. The van der Waals surface area contributed by atoms with Gasteiger partial charge in [0.15, 0.2) is 17.3 Å². The molecule has 24 heavy (non-hydrogen) atoms. The zero-order chi connectivity index (χ0) is 16.4. The molecule has 0 saturated carbocycles. The van der Waals surface area contributed by atoms with Crippen molar-refractivity contribution in [2.24, 2.45) is 0 Å². The number of Topliss-reactive ketones (excluding diaryl/α,β-unsaturated/α-hetero) is 1. The van der Waals surface area contributed by atoms with Crippen LogP contribution in [0.25, 0.3) is 11.3 Å². The van der Waals surface area contributed by atoms with Gasteiger partial charge in [0.25, 0.3) is 0 Å². The number of hydrogen-bond donors (Lipinski definition) is 0. The summed E-state index contributed by atoms with van der Waals surface area (Å²) in [6.45, 7) is 0.248. The number of carbonyl (C=O) groups is 1. The summed E-state index contributed by atoms with van der Waals surface area (Å²) in [4.78, 5) is 12.8. The number of carbonyl (C=O) groups excluding carboxylic acids is 1. The SMILES string of the molecule is O=C(CSc1ccc(-c2ccc3c(c2)OCO3)nn1)c1cccs1. The molecule has 0 aliphatic carbocycles. The molecule has 0 atom stereocenters. The number of fused-ring (bicyclic) bond motifs is 1. The van der Waals surface area contributed by atoms with E-state index in [0.717, 1.165) is 26.9 Å². The van der Waals surface area contributed by atoms with Crippen LogP contribution in [0.15, 0.2) is 52.9 Å². The molecule has 4 rings (SSSR count). The highest BCUT2D eigenvalue weighted by atomic mass is 32.2. The number of thioether (sulfide) groups is 1. The fraction of sp³-hybridized carbons (Fsp3) is 0.118. The van der Waals surface area contributed by atoms with Crippen LogP contribution in [0, 0.1) is 0 Å². The summed E-state index contributed by atoms with van der Waals surface area (Å²) in [6.07, 6.45) is 0. The number of hydrogen-bond acceptors (Lipinski definition) is 7. The molecule has 5 nitrogen and oxygen atoms in total. The van der Waals surface area contributed by atoms with Gasteiger partial charge in [0.05, 0.1) is 16.3 Å². The first-order valence-corrected chi connectivity index (χ1v) is 9.09. The van der Waals surface area contributed by atoms with Crippen molar-refractivity contribution in [1.82, 2.24) is 10.2 Å². The largest absolute Gasteiger partial charge is 0.454 e. The number of thiophene rings is 1. The summed E-state index contributed by atoms with van der Waals surface area (Å²) < 4.78 is 10.7. The van der Waals surface area contributed by atoms with Gasteiger partial charge in [0, 0.05) is 5.56 Å². The molecule has 0 amide bonds. The lowest BCUT2D eigenvalue weighted by Crippen LogP contribution is -2.00. The number of nitrogens with zero attached hydrogens (tertiary/aromatic N) is 2. The highest BCUT2D eigenvalue weighted by molar-refractivity contribution is 7.99. The molecule has 2 aromatic heterocycles. The number of aromatic nitrogens is 2. The molecule has 0 bridgehead atoms. The first-order chi connectivity index (χ1) is 11.8. The van der Waals surface area contributed by atoms with E-state index in [1.165, 1.54) is 23.1 Å². The number of ether oxygens (including phenoxy) is 2. The predicted octanol–water partition coefficient (Wildman–Crippen LogP) is 3.91.